The lowest BCUT2D eigenvalue weighted by atomic mass is 9.96. The Morgan fingerprint density at radius 2 is 1.93 bits per heavy atom. The number of hydrogen-bond acceptors (Lipinski definition) is 4. The molecule has 4 heteroatoms. The normalized spacial score (nSPS) is 14.3. The first-order valence-corrected chi connectivity index (χ1v) is 4.67. The molecule has 1 aromatic carbocycles. The molecule has 0 saturated carbocycles. The van der Waals surface area contributed by atoms with Crippen LogP contribution in [0.2, 0.25) is 0 Å². The van der Waals surface area contributed by atoms with Crippen molar-refractivity contribution in [3.05, 3.63) is 29.8 Å². The quantitative estimate of drug-likeness (QED) is 0.735. The Morgan fingerprint density at radius 1 is 1.40 bits per heavy atom. The third-order valence-corrected chi connectivity index (χ3v) is 2.10. The van der Waals surface area contributed by atoms with Crippen LogP contribution in [-0.2, 0) is 15.1 Å². The molecular formula is C11H14O4. The van der Waals surface area contributed by atoms with E-state index in [0.29, 0.717) is 5.56 Å². The molecule has 0 saturated heterocycles. The number of hydrogen-bond donors (Lipinski definition) is 2. The van der Waals surface area contributed by atoms with Crippen LogP contribution in [0, 0.1) is 0 Å². The fourth-order valence-electron chi connectivity index (χ4n) is 1.18. The zero-order valence-corrected chi connectivity index (χ0v) is 8.73. The van der Waals surface area contributed by atoms with Gasteiger partial charge < -0.3 is 14.9 Å². The summed E-state index contributed by atoms with van der Waals surface area (Å²) in [5.74, 6) is -0.617. The van der Waals surface area contributed by atoms with Crippen molar-refractivity contribution in [2.45, 2.75) is 19.4 Å². The first-order chi connectivity index (χ1) is 6.98. The SMILES string of the molecule is CCOC(=O)C(C)(O)c1ccc(O)cc1. The van der Waals surface area contributed by atoms with Gasteiger partial charge in [-0.25, -0.2) is 4.79 Å². The molecule has 0 radical (unpaired) electrons. The van der Waals surface area contributed by atoms with E-state index in [4.69, 9.17) is 9.84 Å². The molecule has 0 aliphatic rings. The molecule has 1 aromatic rings. The third-order valence-electron chi connectivity index (χ3n) is 2.10. The fraction of sp³-hybridized carbons (Fsp3) is 0.364. The maximum atomic E-state index is 11.4. The van der Waals surface area contributed by atoms with Gasteiger partial charge in [-0.2, -0.15) is 0 Å². The Hall–Kier alpha value is -1.55. The highest BCUT2D eigenvalue weighted by atomic mass is 16.5. The van der Waals surface area contributed by atoms with E-state index in [1.165, 1.54) is 31.2 Å². The smallest absolute Gasteiger partial charge is 0.342 e. The first-order valence-electron chi connectivity index (χ1n) is 4.67. The van der Waals surface area contributed by atoms with E-state index in [2.05, 4.69) is 0 Å². The Morgan fingerprint density at radius 3 is 2.40 bits per heavy atom. The first kappa shape index (κ1) is 11.5. The number of carbonyl (C=O) groups is 1. The molecule has 2 N–H and O–H groups in total. The second-order valence-electron chi connectivity index (χ2n) is 3.34. The lowest BCUT2D eigenvalue weighted by molar-refractivity contribution is -0.164. The van der Waals surface area contributed by atoms with Crippen LogP contribution in [0.4, 0.5) is 0 Å². The number of aliphatic hydroxyl groups is 1. The van der Waals surface area contributed by atoms with E-state index in [1.807, 2.05) is 0 Å². The number of ether oxygens (including phenoxy) is 1. The van der Waals surface area contributed by atoms with Crippen molar-refractivity contribution in [3.63, 3.8) is 0 Å². The molecule has 0 aliphatic carbocycles. The van der Waals surface area contributed by atoms with E-state index >= 15 is 0 Å². The summed E-state index contributed by atoms with van der Waals surface area (Å²) in [6, 6.07) is 5.77. The Labute approximate surface area is 88.1 Å². The Balaban J connectivity index is 2.94. The van der Waals surface area contributed by atoms with Crippen LogP contribution < -0.4 is 0 Å². The Kier molecular flexibility index (Phi) is 3.31. The molecule has 0 fully saturated rings. The maximum absolute atomic E-state index is 11.4. The van der Waals surface area contributed by atoms with Crippen LogP contribution >= 0.6 is 0 Å². The van der Waals surface area contributed by atoms with Crippen molar-refractivity contribution >= 4 is 5.97 Å². The van der Waals surface area contributed by atoms with E-state index in [-0.39, 0.29) is 12.4 Å². The molecule has 4 nitrogen and oxygen atoms in total. The minimum absolute atomic E-state index is 0.0819. The summed E-state index contributed by atoms with van der Waals surface area (Å²) in [6.45, 7) is 3.25. The molecule has 1 atom stereocenters. The van der Waals surface area contributed by atoms with Gasteiger partial charge in [-0.15, -0.1) is 0 Å². The van der Waals surface area contributed by atoms with Gasteiger partial charge in [0.25, 0.3) is 0 Å². The van der Waals surface area contributed by atoms with Gasteiger partial charge in [0.15, 0.2) is 5.60 Å². The van der Waals surface area contributed by atoms with Gasteiger partial charge in [0.2, 0.25) is 0 Å². The molecule has 0 heterocycles. The summed E-state index contributed by atoms with van der Waals surface area (Å²) >= 11 is 0. The molecule has 0 spiro atoms. The summed E-state index contributed by atoms with van der Waals surface area (Å²) in [7, 11) is 0. The summed E-state index contributed by atoms with van der Waals surface area (Å²) in [5.41, 5.74) is -1.29. The van der Waals surface area contributed by atoms with E-state index < -0.39 is 11.6 Å². The molecule has 1 rings (SSSR count). The summed E-state index contributed by atoms with van der Waals surface area (Å²) in [4.78, 5) is 11.4. The number of rotatable bonds is 3. The highest BCUT2D eigenvalue weighted by molar-refractivity contribution is 5.80. The molecular weight excluding hydrogens is 196 g/mol. The zero-order chi connectivity index (χ0) is 11.5. The van der Waals surface area contributed by atoms with Crippen LogP contribution in [0.1, 0.15) is 19.4 Å². The molecule has 0 amide bonds. The van der Waals surface area contributed by atoms with Crippen LogP contribution in [0.5, 0.6) is 5.75 Å². The summed E-state index contributed by atoms with van der Waals surface area (Å²) < 4.78 is 4.74. The van der Waals surface area contributed by atoms with Crippen molar-refractivity contribution in [1.29, 1.82) is 0 Å². The molecule has 15 heavy (non-hydrogen) atoms. The van der Waals surface area contributed by atoms with Gasteiger partial charge in [-0.05, 0) is 31.5 Å². The summed E-state index contributed by atoms with van der Waals surface area (Å²) in [5, 5.41) is 19.0. The predicted molar refractivity (Wildman–Crippen MR) is 54.3 cm³/mol. The summed E-state index contributed by atoms with van der Waals surface area (Å²) in [6.07, 6.45) is 0. The van der Waals surface area contributed by atoms with Crippen LogP contribution in [0.3, 0.4) is 0 Å². The minimum Gasteiger partial charge on any atom is -0.508 e. The largest absolute Gasteiger partial charge is 0.508 e. The van der Waals surface area contributed by atoms with Crippen molar-refractivity contribution in [2.75, 3.05) is 6.61 Å². The van der Waals surface area contributed by atoms with Crippen molar-refractivity contribution in [2.24, 2.45) is 0 Å². The molecule has 0 aliphatic heterocycles. The molecule has 1 unspecified atom stereocenters. The number of aromatic hydroxyl groups is 1. The van der Waals surface area contributed by atoms with Gasteiger partial charge >= 0.3 is 5.97 Å². The van der Waals surface area contributed by atoms with Crippen molar-refractivity contribution in [1.82, 2.24) is 0 Å². The zero-order valence-electron chi connectivity index (χ0n) is 8.73. The highest BCUT2D eigenvalue weighted by Crippen LogP contribution is 2.23. The minimum atomic E-state index is -1.68. The van der Waals surface area contributed by atoms with Crippen molar-refractivity contribution < 1.29 is 19.7 Å². The predicted octanol–water partition coefficient (Wildman–Crippen LogP) is 1.16. The van der Waals surface area contributed by atoms with Gasteiger partial charge in [-0.1, -0.05) is 12.1 Å². The third kappa shape index (κ3) is 2.47. The second-order valence-corrected chi connectivity index (χ2v) is 3.34. The van der Waals surface area contributed by atoms with Crippen LogP contribution in [-0.4, -0.2) is 22.8 Å². The Bertz CT molecular complexity index is 340. The van der Waals surface area contributed by atoms with E-state index in [0.717, 1.165) is 0 Å². The number of carbonyl (C=O) groups excluding carboxylic acids is 1. The lowest BCUT2D eigenvalue weighted by Crippen LogP contribution is -2.34. The second kappa shape index (κ2) is 4.31. The van der Waals surface area contributed by atoms with Gasteiger partial charge in [-0.3, -0.25) is 0 Å². The number of phenols is 1. The average molecular weight is 210 g/mol. The fourth-order valence-corrected chi connectivity index (χ4v) is 1.18. The van der Waals surface area contributed by atoms with E-state index in [1.54, 1.807) is 6.92 Å². The van der Waals surface area contributed by atoms with Crippen molar-refractivity contribution in [3.8, 4) is 5.75 Å². The topological polar surface area (TPSA) is 66.8 Å². The van der Waals surface area contributed by atoms with Gasteiger partial charge in [0.05, 0.1) is 6.61 Å². The molecule has 82 valence electrons. The highest BCUT2D eigenvalue weighted by Gasteiger charge is 2.33. The standard InChI is InChI=1S/C11H14O4/c1-3-15-10(13)11(2,14)8-4-6-9(12)7-5-8/h4-7,12,14H,3H2,1-2H3. The van der Waals surface area contributed by atoms with Gasteiger partial charge in [0, 0.05) is 0 Å². The number of phenolic OH excluding ortho intramolecular Hbond substituents is 1. The lowest BCUT2D eigenvalue weighted by Gasteiger charge is -2.21. The number of esters is 1. The maximum Gasteiger partial charge on any atom is 0.342 e. The van der Waals surface area contributed by atoms with E-state index in [9.17, 15) is 9.90 Å². The van der Waals surface area contributed by atoms with Crippen LogP contribution in [0.15, 0.2) is 24.3 Å². The monoisotopic (exact) mass is 210 g/mol. The number of benzene rings is 1. The van der Waals surface area contributed by atoms with Crippen LogP contribution in [0.25, 0.3) is 0 Å². The van der Waals surface area contributed by atoms with Gasteiger partial charge in [0.1, 0.15) is 5.75 Å². The molecule has 0 aromatic heterocycles. The molecule has 0 bridgehead atoms. The average Bonchev–Trinajstić information content (AvgIpc) is 2.18.